The lowest BCUT2D eigenvalue weighted by atomic mass is 9.97. The van der Waals surface area contributed by atoms with E-state index < -0.39 is 9.84 Å². The van der Waals surface area contributed by atoms with Gasteiger partial charge in [-0.25, -0.2) is 8.42 Å². The SMILES string of the molecule is CCS(=O)(=O)c1ccc(OCC2CCCC2CN)cc1. The summed E-state index contributed by atoms with van der Waals surface area (Å²) >= 11 is 0. The van der Waals surface area contributed by atoms with E-state index in [1.807, 2.05) is 0 Å². The predicted octanol–water partition coefficient (Wildman–Crippen LogP) is 2.23. The first-order valence-electron chi connectivity index (χ1n) is 7.22. The quantitative estimate of drug-likeness (QED) is 0.874. The Morgan fingerprint density at radius 2 is 1.85 bits per heavy atom. The molecule has 0 amide bonds. The Labute approximate surface area is 121 Å². The monoisotopic (exact) mass is 297 g/mol. The molecule has 1 aliphatic carbocycles. The molecule has 1 fully saturated rings. The van der Waals surface area contributed by atoms with Crippen molar-refractivity contribution in [3.63, 3.8) is 0 Å². The van der Waals surface area contributed by atoms with Crippen LogP contribution in [0.3, 0.4) is 0 Å². The molecule has 5 heteroatoms. The summed E-state index contributed by atoms with van der Waals surface area (Å²) in [7, 11) is -3.13. The van der Waals surface area contributed by atoms with Gasteiger partial charge in [0.2, 0.25) is 0 Å². The van der Waals surface area contributed by atoms with Crippen molar-refractivity contribution in [2.24, 2.45) is 17.6 Å². The minimum absolute atomic E-state index is 0.119. The Kier molecular flexibility index (Phi) is 5.05. The first kappa shape index (κ1) is 15.3. The highest BCUT2D eigenvalue weighted by Gasteiger charge is 2.26. The molecule has 112 valence electrons. The Bertz CT molecular complexity index is 525. The molecule has 0 aromatic heterocycles. The van der Waals surface area contributed by atoms with E-state index in [1.54, 1.807) is 31.2 Å². The lowest BCUT2D eigenvalue weighted by molar-refractivity contribution is 0.217. The highest BCUT2D eigenvalue weighted by Crippen LogP contribution is 2.31. The fourth-order valence-corrected chi connectivity index (χ4v) is 3.64. The molecule has 0 saturated heterocycles. The lowest BCUT2D eigenvalue weighted by Crippen LogP contribution is -2.23. The minimum atomic E-state index is -3.13. The first-order valence-corrected chi connectivity index (χ1v) is 8.87. The Hall–Kier alpha value is -1.07. The Morgan fingerprint density at radius 3 is 2.45 bits per heavy atom. The van der Waals surface area contributed by atoms with E-state index in [-0.39, 0.29) is 5.75 Å². The molecule has 4 nitrogen and oxygen atoms in total. The summed E-state index contributed by atoms with van der Waals surface area (Å²) in [6.45, 7) is 3.04. The molecule has 1 aromatic rings. The first-order chi connectivity index (χ1) is 9.56. The van der Waals surface area contributed by atoms with Crippen LogP contribution in [0.2, 0.25) is 0 Å². The maximum atomic E-state index is 11.7. The Morgan fingerprint density at radius 1 is 1.20 bits per heavy atom. The molecule has 2 unspecified atom stereocenters. The van der Waals surface area contributed by atoms with Crippen LogP contribution >= 0.6 is 0 Å². The summed E-state index contributed by atoms with van der Waals surface area (Å²) in [5, 5.41) is 0. The van der Waals surface area contributed by atoms with Gasteiger partial charge < -0.3 is 10.5 Å². The van der Waals surface area contributed by atoms with Crippen LogP contribution in [0, 0.1) is 11.8 Å². The molecule has 1 aromatic carbocycles. The summed E-state index contributed by atoms with van der Waals surface area (Å²) in [5.41, 5.74) is 5.75. The molecular weight excluding hydrogens is 274 g/mol. The molecule has 1 aliphatic rings. The van der Waals surface area contributed by atoms with Gasteiger partial charge in [0.15, 0.2) is 9.84 Å². The maximum absolute atomic E-state index is 11.7. The molecule has 0 bridgehead atoms. The van der Waals surface area contributed by atoms with Gasteiger partial charge in [0, 0.05) is 0 Å². The van der Waals surface area contributed by atoms with Crippen LogP contribution in [0.4, 0.5) is 0 Å². The van der Waals surface area contributed by atoms with Gasteiger partial charge in [0.05, 0.1) is 17.3 Å². The third-order valence-electron chi connectivity index (χ3n) is 4.15. The summed E-state index contributed by atoms with van der Waals surface area (Å²) in [4.78, 5) is 0.355. The third kappa shape index (κ3) is 3.52. The number of nitrogens with two attached hydrogens (primary N) is 1. The van der Waals surface area contributed by atoms with E-state index in [4.69, 9.17) is 10.5 Å². The second-order valence-electron chi connectivity index (χ2n) is 5.37. The molecule has 0 radical (unpaired) electrons. The van der Waals surface area contributed by atoms with Crippen LogP contribution in [-0.2, 0) is 9.84 Å². The molecule has 1 saturated carbocycles. The van der Waals surface area contributed by atoms with Crippen LogP contribution in [-0.4, -0.2) is 27.3 Å². The van der Waals surface area contributed by atoms with E-state index in [0.717, 1.165) is 12.3 Å². The minimum Gasteiger partial charge on any atom is -0.493 e. The van der Waals surface area contributed by atoms with Gasteiger partial charge in [-0.15, -0.1) is 0 Å². The maximum Gasteiger partial charge on any atom is 0.178 e. The van der Waals surface area contributed by atoms with Gasteiger partial charge in [-0.3, -0.25) is 0 Å². The topological polar surface area (TPSA) is 69.4 Å². The van der Waals surface area contributed by atoms with E-state index in [9.17, 15) is 8.42 Å². The van der Waals surface area contributed by atoms with Crippen molar-refractivity contribution in [3.8, 4) is 5.75 Å². The van der Waals surface area contributed by atoms with E-state index >= 15 is 0 Å². The molecule has 2 rings (SSSR count). The Balaban J connectivity index is 1.94. The van der Waals surface area contributed by atoms with Crippen LogP contribution in [0.5, 0.6) is 5.75 Å². The second kappa shape index (κ2) is 6.59. The number of benzene rings is 1. The average Bonchev–Trinajstić information content (AvgIpc) is 2.93. The molecule has 0 heterocycles. The van der Waals surface area contributed by atoms with Crippen molar-refractivity contribution < 1.29 is 13.2 Å². The molecule has 0 aliphatic heterocycles. The lowest BCUT2D eigenvalue weighted by Gasteiger charge is -2.18. The fourth-order valence-electron chi connectivity index (χ4n) is 2.76. The van der Waals surface area contributed by atoms with Gasteiger partial charge in [-0.1, -0.05) is 13.3 Å². The van der Waals surface area contributed by atoms with Crippen LogP contribution in [0.15, 0.2) is 29.2 Å². The van der Waals surface area contributed by atoms with Crippen LogP contribution in [0.1, 0.15) is 26.2 Å². The van der Waals surface area contributed by atoms with Gasteiger partial charge in [-0.05, 0) is 55.5 Å². The van der Waals surface area contributed by atoms with Gasteiger partial charge in [0.25, 0.3) is 0 Å². The summed E-state index contributed by atoms with van der Waals surface area (Å²) in [6, 6.07) is 6.69. The number of hydrogen-bond donors (Lipinski definition) is 1. The normalized spacial score (nSPS) is 22.9. The van der Waals surface area contributed by atoms with E-state index in [0.29, 0.717) is 23.3 Å². The van der Waals surface area contributed by atoms with Gasteiger partial charge in [0.1, 0.15) is 5.75 Å². The van der Waals surface area contributed by atoms with E-state index in [2.05, 4.69) is 0 Å². The highest BCUT2D eigenvalue weighted by molar-refractivity contribution is 7.91. The molecule has 0 spiro atoms. The summed E-state index contributed by atoms with van der Waals surface area (Å²) < 4.78 is 29.2. The second-order valence-corrected chi connectivity index (χ2v) is 7.65. The molecular formula is C15H23NO3S. The number of ether oxygens (including phenoxy) is 1. The predicted molar refractivity (Wildman–Crippen MR) is 79.5 cm³/mol. The standard InChI is InChI=1S/C15H23NO3S/c1-2-20(17,18)15-8-6-14(7-9-15)19-11-13-5-3-4-12(13)10-16/h6-9,12-13H,2-5,10-11,16H2,1H3. The molecule has 2 N–H and O–H groups in total. The van der Waals surface area contributed by atoms with Crippen molar-refractivity contribution in [3.05, 3.63) is 24.3 Å². The van der Waals surface area contributed by atoms with Crippen molar-refractivity contribution in [1.29, 1.82) is 0 Å². The smallest absolute Gasteiger partial charge is 0.178 e. The zero-order chi connectivity index (χ0) is 14.6. The average molecular weight is 297 g/mol. The van der Waals surface area contributed by atoms with Gasteiger partial charge in [-0.2, -0.15) is 0 Å². The summed E-state index contributed by atoms with van der Waals surface area (Å²) in [5.74, 6) is 1.93. The van der Waals surface area contributed by atoms with Crippen LogP contribution < -0.4 is 10.5 Å². The van der Waals surface area contributed by atoms with Crippen LogP contribution in [0.25, 0.3) is 0 Å². The number of hydrogen-bond acceptors (Lipinski definition) is 4. The molecule has 20 heavy (non-hydrogen) atoms. The fraction of sp³-hybridized carbons (Fsp3) is 0.600. The van der Waals surface area contributed by atoms with Gasteiger partial charge >= 0.3 is 0 Å². The number of rotatable bonds is 6. The molecule has 2 atom stereocenters. The van der Waals surface area contributed by atoms with Crippen molar-refractivity contribution in [2.75, 3.05) is 18.9 Å². The van der Waals surface area contributed by atoms with E-state index in [1.165, 1.54) is 19.3 Å². The van der Waals surface area contributed by atoms with Crippen molar-refractivity contribution in [1.82, 2.24) is 0 Å². The number of sulfone groups is 1. The third-order valence-corrected chi connectivity index (χ3v) is 5.90. The van der Waals surface area contributed by atoms with Crippen molar-refractivity contribution in [2.45, 2.75) is 31.1 Å². The zero-order valence-electron chi connectivity index (χ0n) is 11.9. The highest BCUT2D eigenvalue weighted by atomic mass is 32.2. The summed E-state index contributed by atoms with van der Waals surface area (Å²) in [6.07, 6.45) is 3.59. The largest absolute Gasteiger partial charge is 0.493 e. The van der Waals surface area contributed by atoms with Crippen molar-refractivity contribution >= 4 is 9.84 Å². The zero-order valence-corrected chi connectivity index (χ0v) is 12.7.